The maximum atomic E-state index is 12.8. The lowest BCUT2D eigenvalue weighted by Crippen LogP contribution is -2.35. The number of hydrogen-bond acceptors (Lipinski definition) is 4. The number of amides is 2. The van der Waals surface area contributed by atoms with Crippen molar-refractivity contribution in [3.63, 3.8) is 0 Å². The minimum absolute atomic E-state index is 0.0519. The number of likely N-dealkylation sites (tertiary alicyclic amines) is 1. The summed E-state index contributed by atoms with van der Waals surface area (Å²) in [6.07, 6.45) is 4.55. The van der Waals surface area contributed by atoms with Gasteiger partial charge in [-0.05, 0) is 62.1 Å². The van der Waals surface area contributed by atoms with Crippen LogP contribution in [0.15, 0.2) is 47.4 Å². The number of carbonyl (C=O) groups is 2. The van der Waals surface area contributed by atoms with Gasteiger partial charge in [0.2, 0.25) is 11.8 Å². The molecule has 1 atom stereocenters. The normalized spacial score (nSPS) is 19.4. The zero-order valence-corrected chi connectivity index (χ0v) is 19.2. The fraction of sp³-hybridized carbons (Fsp3) is 0.417. The number of anilines is 2. The molecule has 2 fully saturated rings. The van der Waals surface area contributed by atoms with Crippen LogP contribution < -0.4 is 10.0 Å². The van der Waals surface area contributed by atoms with Gasteiger partial charge in [0, 0.05) is 24.7 Å². The maximum Gasteiger partial charge on any atom is 0.261 e. The van der Waals surface area contributed by atoms with Crippen molar-refractivity contribution in [2.45, 2.75) is 56.9 Å². The predicted octanol–water partition coefficient (Wildman–Crippen LogP) is 3.83. The highest BCUT2D eigenvalue weighted by Crippen LogP contribution is 2.30. The number of sulfonamides is 1. The standard InChI is InChI=1S/C24H29N3O4S/c1-16-6-5-7-17(2)23(16)26-32(30,31)21-12-10-19(11-13-21)25-24(29)18-14-22(28)27(15-18)20-8-3-4-9-20/h5-7,10-13,18,20,26H,3-4,8-9,14-15H2,1-2H3,(H,25,29). The molecule has 2 aromatic carbocycles. The fourth-order valence-electron chi connectivity index (χ4n) is 4.61. The Kier molecular flexibility index (Phi) is 6.24. The molecule has 170 valence electrons. The van der Waals surface area contributed by atoms with E-state index < -0.39 is 10.0 Å². The second kappa shape index (κ2) is 8.94. The molecule has 0 radical (unpaired) electrons. The molecule has 2 aliphatic rings. The number of nitrogens with one attached hydrogen (secondary N) is 2. The summed E-state index contributed by atoms with van der Waals surface area (Å²) in [7, 11) is -3.76. The highest BCUT2D eigenvalue weighted by molar-refractivity contribution is 7.92. The van der Waals surface area contributed by atoms with E-state index in [9.17, 15) is 18.0 Å². The molecule has 1 heterocycles. The van der Waals surface area contributed by atoms with Crippen LogP contribution in [0.5, 0.6) is 0 Å². The van der Waals surface area contributed by atoms with Gasteiger partial charge in [0.15, 0.2) is 0 Å². The minimum atomic E-state index is -3.76. The van der Waals surface area contributed by atoms with Gasteiger partial charge < -0.3 is 10.2 Å². The highest BCUT2D eigenvalue weighted by Gasteiger charge is 2.38. The Morgan fingerprint density at radius 1 is 1.00 bits per heavy atom. The summed E-state index contributed by atoms with van der Waals surface area (Å²) in [5.41, 5.74) is 2.76. The predicted molar refractivity (Wildman–Crippen MR) is 124 cm³/mol. The van der Waals surface area contributed by atoms with E-state index in [1.807, 2.05) is 36.9 Å². The molecule has 8 heteroatoms. The van der Waals surface area contributed by atoms with Crippen LogP contribution in [0.2, 0.25) is 0 Å². The monoisotopic (exact) mass is 455 g/mol. The topological polar surface area (TPSA) is 95.6 Å². The molecule has 7 nitrogen and oxygen atoms in total. The average Bonchev–Trinajstić information content (AvgIpc) is 3.41. The summed E-state index contributed by atoms with van der Waals surface area (Å²) in [4.78, 5) is 27.0. The molecule has 0 bridgehead atoms. The number of benzene rings is 2. The molecule has 2 aromatic rings. The Hall–Kier alpha value is -2.87. The largest absolute Gasteiger partial charge is 0.339 e. The van der Waals surface area contributed by atoms with Gasteiger partial charge in [-0.15, -0.1) is 0 Å². The molecule has 32 heavy (non-hydrogen) atoms. The number of aryl methyl sites for hydroxylation is 2. The Bertz CT molecular complexity index is 1100. The SMILES string of the molecule is Cc1cccc(C)c1NS(=O)(=O)c1ccc(NC(=O)C2CC(=O)N(C3CCCC3)C2)cc1. The lowest BCUT2D eigenvalue weighted by Gasteiger charge is -2.23. The van der Waals surface area contributed by atoms with Crippen LogP contribution in [0.25, 0.3) is 0 Å². The summed E-state index contributed by atoms with van der Waals surface area (Å²) in [5.74, 6) is -0.531. The molecular formula is C24H29N3O4S. The van der Waals surface area contributed by atoms with Crippen LogP contribution in [0, 0.1) is 19.8 Å². The molecule has 2 amide bonds. The number of hydrogen-bond donors (Lipinski definition) is 2. The zero-order chi connectivity index (χ0) is 22.9. The summed E-state index contributed by atoms with van der Waals surface area (Å²) >= 11 is 0. The molecule has 2 N–H and O–H groups in total. The lowest BCUT2D eigenvalue weighted by atomic mass is 10.1. The summed E-state index contributed by atoms with van der Waals surface area (Å²) in [6.45, 7) is 4.16. The molecule has 0 aromatic heterocycles. The summed E-state index contributed by atoms with van der Waals surface area (Å²) in [5, 5.41) is 2.83. The van der Waals surface area contributed by atoms with E-state index in [0.29, 0.717) is 17.9 Å². The first-order valence-corrected chi connectivity index (χ1v) is 12.5. The van der Waals surface area contributed by atoms with E-state index in [0.717, 1.165) is 36.8 Å². The highest BCUT2D eigenvalue weighted by atomic mass is 32.2. The van der Waals surface area contributed by atoms with Gasteiger partial charge in [0.25, 0.3) is 10.0 Å². The molecule has 0 spiro atoms. The quantitative estimate of drug-likeness (QED) is 0.692. The van der Waals surface area contributed by atoms with Crippen LogP contribution in [-0.4, -0.2) is 37.7 Å². The van der Waals surface area contributed by atoms with Gasteiger partial charge in [-0.1, -0.05) is 31.0 Å². The zero-order valence-electron chi connectivity index (χ0n) is 18.4. The molecule has 1 saturated carbocycles. The van der Waals surface area contributed by atoms with Crippen LogP contribution >= 0.6 is 0 Å². The smallest absolute Gasteiger partial charge is 0.261 e. The first-order valence-electron chi connectivity index (χ1n) is 11.0. The minimum Gasteiger partial charge on any atom is -0.339 e. The van der Waals surface area contributed by atoms with Crippen molar-refractivity contribution in [2.75, 3.05) is 16.6 Å². The Balaban J connectivity index is 1.40. The van der Waals surface area contributed by atoms with E-state index in [2.05, 4.69) is 10.0 Å². The molecule has 4 rings (SSSR count). The molecular weight excluding hydrogens is 426 g/mol. The van der Waals surface area contributed by atoms with E-state index >= 15 is 0 Å². The second-order valence-electron chi connectivity index (χ2n) is 8.77. The van der Waals surface area contributed by atoms with E-state index in [4.69, 9.17) is 0 Å². The van der Waals surface area contributed by atoms with E-state index in [1.54, 1.807) is 12.1 Å². The molecule has 1 aliphatic heterocycles. The Morgan fingerprint density at radius 3 is 2.25 bits per heavy atom. The van der Waals surface area contributed by atoms with Crippen LogP contribution in [0.4, 0.5) is 11.4 Å². The van der Waals surface area contributed by atoms with Crippen LogP contribution in [-0.2, 0) is 19.6 Å². The average molecular weight is 456 g/mol. The van der Waals surface area contributed by atoms with Crippen molar-refractivity contribution in [2.24, 2.45) is 5.92 Å². The van der Waals surface area contributed by atoms with Crippen molar-refractivity contribution < 1.29 is 18.0 Å². The van der Waals surface area contributed by atoms with Gasteiger partial charge in [-0.25, -0.2) is 8.42 Å². The number of rotatable bonds is 6. The van der Waals surface area contributed by atoms with Crippen molar-refractivity contribution >= 4 is 33.2 Å². The Morgan fingerprint density at radius 2 is 1.62 bits per heavy atom. The second-order valence-corrected chi connectivity index (χ2v) is 10.5. The van der Waals surface area contributed by atoms with Gasteiger partial charge >= 0.3 is 0 Å². The van der Waals surface area contributed by atoms with Gasteiger partial charge in [0.05, 0.1) is 16.5 Å². The third-order valence-electron chi connectivity index (χ3n) is 6.44. The van der Waals surface area contributed by atoms with E-state index in [-0.39, 0.29) is 35.1 Å². The first kappa shape index (κ1) is 22.3. The van der Waals surface area contributed by atoms with Crippen molar-refractivity contribution in [3.8, 4) is 0 Å². The van der Waals surface area contributed by atoms with Crippen molar-refractivity contribution in [1.82, 2.24) is 4.90 Å². The van der Waals surface area contributed by atoms with Crippen molar-refractivity contribution in [1.29, 1.82) is 0 Å². The van der Waals surface area contributed by atoms with Gasteiger partial charge in [0.1, 0.15) is 0 Å². The van der Waals surface area contributed by atoms with E-state index in [1.165, 1.54) is 12.1 Å². The molecule has 1 unspecified atom stereocenters. The molecule has 1 aliphatic carbocycles. The van der Waals surface area contributed by atoms with Crippen LogP contribution in [0.3, 0.4) is 0 Å². The third-order valence-corrected chi connectivity index (χ3v) is 7.81. The number of nitrogens with zero attached hydrogens (tertiary/aromatic N) is 1. The molecule has 1 saturated heterocycles. The van der Waals surface area contributed by atoms with Crippen LogP contribution in [0.1, 0.15) is 43.2 Å². The number of carbonyl (C=O) groups excluding carboxylic acids is 2. The fourth-order valence-corrected chi connectivity index (χ4v) is 5.81. The Labute approximate surface area is 189 Å². The number of para-hydroxylation sites is 1. The third kappa shape index (κ3) is 4.65. The first-order chi connectivity index (χ1) is 15.2. The van der Waals surface area contributed by atoms with Gasteiger partial charge in [-0.3, -0.25) is 14.3 Å². The summed E-state index contributed by atoms with van der Waals surface area (Å²) in [6, 6.07) is 11.9. The van der Waals surface area contributed by atoms with Gasteiger partial charge in [-0.2, -0.15) is 0 Å². The summed E-state index contributed by atoms with van der Waals surface area (Å²) < 4.78 is 28.3. The lowest BCUT2D eigenvalue weighted by molar-refractivity contribution is -0.129. The van der Waals surface area contributed by atoms with Crippen molar-refractivity contribution in [3.05, 3.63) is 53.6 Å². The maximum absolute atomic E-state index is 12.8.